The zero-order valence-corrected chi connectivity index (χ0v) is 27.8. The van der Waals surface area contributed by atoms with E-state index in [1.165, 1.54) is 119 Å². The summed E-state index contributed by atoms with van der Waals surface area (Å²) < 4.78 is 4.51. The fraction of sp³-hybridized carbons (Fsp3) is 0.333. The molecule has 4 aromatic carbocycles. The van der Waals surface area contributed by atoms with Gasteiger partial charge in [0.25, 0.3) is 0 Å². The standard InChI is InChI=1S/C42H45N2P/c1-43-28-26-34-32(19-12-23-39(34)43)36-21-11-22-37(33-20-13-24-40-35(33)27-29-44(40)2)42(36)38-18-9-10-25-41(38)45(30-14-5-3-6-15-30)31-16-7-4-8-17-31/h9-13,18-31H,3-8,14-17H2,1-2H3. The number of benzene rings is 4. The molecule has 2 fully saturated rings. The molecule has 2 aromatic heterocycles. The van der Waals surface area contributed by atoms with E-state index in [9.17, 15) is 0 Å². The van der Waals surface area contributed by atoms with Crippen LogP contribution in [0.25, 0.3) is 55.2 Å². The van der Waals surface area contributed by atoms with Crippen molar-refractivity contribution in [2.75, 3.05) is 0 Å². The average Bonchev–Trinajstić information content (AvgIpc) is 3.68. The van der Waals surface area contributed by atoms with Gasteiger partial charge in [0.1, 0.15) is 0 Å². The van der Waals surface area contributed by atoms with Crippen molar-refractivity contribution in [1.29, 1.82) is 0 Å². The Labute approximate surface area is 269 Å². The van der Waals surface area contributed by atoms with E-state index in [2.05, 4.69) is 127 Å². The zero-order valence-electron chi connectivity index (χ0n) is 26.9. The third-order valence-corrected chi connectivity index (χ3v) is 14.4. The maximum atomic E-state index is 2.55. The highest BCUT2D eigenvalue weighted by Crippen LogP contribution is 2.57. The number of nitrogens with zero attached hydrogens (tertiary/aromatic N) is 2. The molecular formula is C42H45N2P. The van der Waals surface area contributed by atoms with Gasteiger partial charge in [-0.2, -0.15) is 0 Å². The van der Waals surface area contributed by atoms with Crippen molar-refractivity contribution in [3.8, 4) is 33.4 Å². The van der Waals surface area contributed by atoms with Crippen LogP contribution in [0.2, 0.25) is 0 Å². The first-order valence-electron chi connectivity index (χ1n) is 17.3. The topological polar surface area (TPSA) is 9.86 Å². The number of rotatable bonds is 6. The Morgan fingerprint density at radius 1 is 0.467 bits per heavy atom. The van der Waals surface area contributed by atoms with Gasteiger partial charge in [-0.15, -0.1) is 0 Å². The van der Waals surface area contributed by atoms with E-state index in [-0.39, 0.29) is 7.92 Å². The lowest BCUT2D eigenvalue weighted by Crippen LogP contribution is -2.27. The summed E-state index contributed by atoms with van der Waals surface area (Å²) in [5.74, 6) is 0. The molecule has 0 N–H and O–H groups in total. The van der Waals surface area contributed by atoms with E-state index in [0.717, 1.165) is 11.3 Å². The second-order valence-corrected chi connectivity index (χ2v) is 16.3. The third kappa shape index (κ3) is 5.16. The lowest BCUT2D eigenvalue weighted by Gasteiger charge is -2.40. The summed E-state index contributed by atoms with van der Waals surface area (Å²) in [7, 11) is 4.06. The summed E-state index contributed by atoms with van der Waals surface area (Å²) in [6, 6.07) is 35.1. The minimum Gasteiger partial charge on any atom is -0.351 e. The summed E-state index contributed by atoms with van der Waals surface area (Å²) in [5, 5.41) is 4.33. The van der Waals surface area contributed by atoms with Gasteiger partial charge in [-0.25, -0.2) is 0 Å². The van der Waals surface area contributed by atoms with Crippen LogP contribution in [0.3, 0.4) is 0 Å². The molecule has 0 bridgehead atoms. The van der Waals surface area contributed by atoms with Crippen molar-refractivity contribution >= 4 is 35.0 Å². The molecule has 45 heavy (non-hydrogen) atoms. The molecule has 2 saturated carbocycles. The Kier molecular flexibility index (Phi) is 7.88. The molecule has 2 nitrogen and oxygen atoms in total. The first-order valence-corrected chi connectivity index (χ1v) is 18.8. The van der Waals surface area contributed by atoms with Crippen LogP contribution in [0.1, 0.15) is 64.2 Å². The van der Waals surface area contributed by atoms with Crippen molar-refractivity contribution in [3.05, 3.63) is 103 Å². The van der Waals surface area contributed by atoms with Crippen LogP contribution in [0.4, 0.5) is 0 Å². The largest absolute Gasteiger partial charge is 0.351 e. The highest BCUT2D eigenvalue weighted by Gasteiger charge is 2.34. The van der Waals surface area contributed by atoms with Gasteiger partial charge in [0, 0.05) is 48.3 Å². The Morgan fingerprint density at radius 3 is 1.44 bits per heavy atom. The van der Waals surface area contributed by atoms with Crippen LogP contribution < -0.4 is 5.30 Å². The Hall–Kier alpha value is -3.61. The Morgan fingerprint density at radius 2 is 0.911 bits per heavy atom. The first-order chi connectivity index (χ1) is 22.2. The van der Waals surface area contributed by atoms with Crippen molar-refractivity contribution in [1.82, 2.24) is 9.13 Å². The SMILES string of the molecule is Cn1ccc2c(-c3cccc(-c4cccc5c4ccn5C)c3-c3ccccc3P(C3CCCCC3)C3CCCCC3)cccc21. The normalized spacial score (nSPS) is 16.7. The lowest BCUT2D eigenvalue weighted by atomic mass is 9.86. The molecule has 0 atom stereocenters. The maximum Gasteiger partial charge on any atom is 0.0483 e. The summed E-state index contributed by atoms with van der Waals surface area (Å²) >= 11 is 0. The molecule has 6 aromatic rings. The zero-order chi connectivity index (χ0) is 30.3. The van der Waals surface area contributed by atoms with Gasteiger partial charge in [-0.05, 0) is 100.0 Å². The molecule has 228 valence electrons. The van der Waals surface area contributed by atoms with Gasteiger partial charge in [0.2, 0.25) is 0 Å². The minimum absolute atomic E-state index is 0.268. The highest BCUT2D eigenvalue weighted by atomic mass is 31.1. The first kappa shape index (κ1) is 28.8. The molecule has 3 heteroatoms. The van der Waals surface area contributed by atoms with Crippen LogP contribution in [0.5, 0.6) is 0 Å². The monoisotopic (exact) mass is 608 g/mol. The maximum absolute atomic E-state index is 2.55. The molecule has 0 aliphatic heterocycles. The molecule has 0 radical (unpaired) electrons. The molecular weight excluding hydrogens is 563 g/mol. The number of aromatic nitrogens is 2. The van der Waals surface area contributed by atoms with Crippen LogP contribution in [0.15, 0.2) is 103 Å². The smallest absolute Gasteiger partial charge is 0.0483 e. The summed E-state index contributed by atoms with van der Waals surface area (Å²) in [5.41, 5.74) is 12.5. The number of hydrogen-bond acceptors (Lipinski definition) is 0. The van der Waals surface area contributed by atoms with Gasteiger partial charge < -0.3 is 9.13 Å². The minimum atomic E-state index is -0.268. The van der Waals surface area contributed by atoms with Crippen LogP contribution >= 0.6 is 7.92 Å². The van der Waals surface area contributed by atoms with E-state index in [1.807, 2.05) is 0 Å². The molecule has 2 aliphatic rings. The predicted molar refractivity (Wildman–Crippen MR) is 196 cm³/mol. The van der Waals surface area contributed by atoms with Gasteiger partial charge in [-0.3, -0.25) is 0 Å². The molecule has 2 heterocycles. The van der Waals surface area contributed by atoms with E-state index in [1.54, 1.807) is 5.30 Å². The fourth-order valence-corrected chi connectivity index (χ4v) is 12.6. The fourth-order valence-electron chi connectivity index (χ4n) is 8.69. The second-order valence-electron chi connectivity index (χ2n) is 13.6. The van der Waals surface area contributed by atoms with E-state index >= 15 is 0 Å². The van der Waals surface area contributed by atoms with Crippen LogP contribution in [0, 0.1) is 0 Å². The summed E-state index contributed by atoms with van der Waals surface area (Å²) in [4.78, 5) is 0. The third-order valence-electron chi connectivity index (χ3n) is 10.9. The van der Waals surface area contributed by atoms with E-state index in [0.29, 0.717) is 0 Å². The van der Waals surface area contributed by atoms with Gasteiger partial charge >= 0.3 is 0 Å². The Balaban J connectivity index is 1.42. The van der Waals surface area contributed by atoms with E-state index < -0.39 is 0 Å². The molecule has 0 spiro atoms. The van der Waals surface area contributed by atoms with E-state index in [4.69, 9.17) is 0 Å². The van der Waals surface area contributed by atoms with Crippen molar-refractivity contribution in [2.45, 2.75) is 75.5 Å². The van der Waals surface area contributed by atoms with Crippen LogP contribution in [-0.4, -0.2) is 20.5 Å². The van der Waals surface area contributed by atoms with Gasteiger partial charge in [0.15, 0.2) is 0 Å². The Bertz CT molecular complexity index is 1850. The molecule has 0 amide bonds. The van der Waals surface area contributed by atoms with Crippen molar-refractivity contribution in [3.63, 3.8) is 0 Å². The second kappa shape index (κ2) is 12.3. The summed E-state index contributed by atoms with van der Waals surface area (Å²) in [6.45, 7) is 0. The van der Waals surface area contributed by atoms with Gasteiger partial charge in [0.05, 0.1) is 0 Å². The average molecular weight is 609 g/mol. The quantitative estimate of drug-likeness (QED) is 0.167. The van der Waals surface area contributed by atoms with Crippen molar-refractivity contribution in [2.24, 2.45) is 14.1 Å². The molecule has 8 rings (SSSR count). The molecule has 0 saturated heterocycles. The lowest BCUT2D eigenvalue weighted by molar-refractivity contribution is 0.487. The predicted octanol–water partition coefficient (Wildman–Crippen LogP) is 11.4. The summed E-state index contributed by atoms with van der Waals surface area (Å²) in [6.07, 6.45) is 18.5. The number of fused-ring (bicyclic) bond motifs is 2. The number of hydrogen-bond donors (Lipinski definition) is 0. The van der Waals surface area contributed by atoms with Crippen LogP contribution in [-0.2, 0) is 14.1 Å². The molecule has 2 aliphatic carbocycles. The van der Waals surface area contributed by atoms with Crippen molar-refractivity contribution < 1.29 is 0 Å². The van der Waals surface area contributed by atoms with Gasteiger partial charge in [-0.1, -0.05) is 113 Å². The molecule has 0 unspecified atom stereocenters. The number of aryl methyl sites for hydroxylation is 2. The highest BCUT2D eigenvalue weighted by molar-refractivity contribution is 7.67.